The first-order valence-electron chi connectivity index (χ1n) is 19.9. The average molecular weight is 833 g/mol. The molecule has 6 rings (SSSR count). The van der Waals surface area contributed by atoms with Crippen LogP contribution < -0.4 is 30.1 Å². The Kier molecular flexibility index (Phi) is 12.0. The van der Waals surface area contributed by atoms with Crippen molar-refractivity contribution in [1.82, 2.24) is 25.2 Å². The summed E-state index contributed by atoms with van der Waals surface area (Å²) in [6.07, 6.45) is 1.14. The number of ether oxygens (including phenoxy) is 3. The molecule has 1 saturated heterocycles. The Morgan fingerprint density at radius 1 is 1.05 bits per heavy atom. The van der Waals surface area contributed by atoms with Crippen LogP contribution in [0.5, 0.6) is 11.6 Å². The first-order chi connectivity index (χ1) is 27.6. The van der Waals surface area contributed by atoms with E-state index in [0.717, 1.165) is 16.6 Å². The number of rotatable bonds is 14. The van der Waals surface area contributed by atoms with Crippen LogP contribution in [0.4, 0.5) is 10.5 Å². The van der Waals surface area contributed by atoms with Gasteiger partial charge in [0.15, 0.2) is 0 Å². The third-order valence-corrected chi connectivity index (χ3v) is 12.5. The number of alkyl carbamates (subject to hydrolysis) is 1. The zero-order valence-corrected chi connectivity index (χ0v) is 35.8. The summed E-state index contributed by atoms with van der Waals surface area (Å²) in [5.41, 5.74) is -0.557. The maximum atomic E-state index is 14.7. The fourth-order valence-electron chi connectivity index (χ4n) is 7.42. The molecule has 318 valence electrons. The Morgan fingerprint density at radius 2 is 1.78 bits per heavy atom. The van der Waals surface area contributed by atoms with Gasteiger partial charge in [-0.3, -0.25) is 19.1 Å². The molecule has 2 aromatic carbocycles. The highest BCUT2D eigenvalue weighted by Crippen LogP contribution is 2.46. The number of benzene rings is 2. The number of fused-ring (bicyclic) bond motifs is 1. The van der Waals surface area contributed by atoms with Crippen molar-refractivity contribution in [3.05, 3.63) is 61.2 Å². The second-order valence-corrected chi connectivity index (χ2v) is 19.8. The predicted molar refractivity (Wildman–Crippen MR) is 224 cm³/mol. The third-order valence-electron chi connectivity index (χ3n) is 10.6. The maximum Gasteiger partial charge on any atom is 0.408 e. The van der Waals surface area contributed by atoms with Crippen molar-refractivity contribution >= 4 is 50.3 Å². The molecule has 0 spiro atoms. The number of nitrogens with zero attached hydrogens (tertiary/aromatic N) is 2. The van der Waals surface area contributed by atoms with Crippen molar-refractivity contribution in [1.29, 1.82) is 0 Å². The van der Waals surface area contributed by atoms with E-state index in [9.17, 15) is 27.6 Å². The lowest BCUT2D eigenvalue weighted by Gasteiger charge is -2.32. The minimum absolute atomic E-state index is 0.0120. The van der Waals surface area contributed by atoms with Crippen LogP contribution in [0.3, 0.4) is 0 Å². The molecule has 0 radical (unpaired) electrons. The lowest BCUT2D eigenvalue weighted by atomic mass is 9.87. The Balaban J connectivity index is 1.36. The summed E-state index contributed by atoms with van der Waals surface area (Å²) in [5, 5.41) is 9.50. The van der Waals surface area contributed by atoms with Gasteiger partial charge in [0, 0.05) is 36.0 Å². The van der Waals surface area contributed by atoms with E-state index in [2.05, 4.69) is 27.3 Å². The second kappa shape index (κ2) is 16.3. The lowest BCUT2D eigenvalue weighted by Crippen LogP contribution is -2.58. The molecule has 4 N–H and O–H groups in total. The van der Waals surface area contributed by atoms with Gasteiger partial charge in [-0.05, 0) is 93.7 Å². The lowest BCUT2D eigenvalue weighted by molar-refractivity contribution is -0.141. The SMILES string of the molecule is C=CC1C[C@]1(NC(=O)[C@@H]1C[C@@H](Oc2nc(-c3cccc(NC)c3)cc3cc(OC)ccc23)CN1C(=O)C(CC(C)(C)C)NC(=O)OC(C)(C)C)C(=O)NS(=O)(=O)C1CC1. The average Bonchev–Trinajstić information content (AvgIpc) is 4.09. The van der Waals surface area contributed by atoms with Crippen molar-refractivity contribution < 1.29 is 41.8 Å². The molecule has 1 aliphatic heterocycles. The van der Waals surface area contributed by atoms with Gasteiger partial charge in [-0.1, -0.05) is 39.0 Å². The maximum absolute atomic E-state index is 14.7. The number of hydrogen-bond acceptors (Lipinski definition) is 11. The first-order valence-corrected chi connectivity index (χ1v) is 21.4. The predicted octanol–water partition coefficient (Wildman–Crippen LogP) is 5.30. The van der Waals surface area contributed by atoms with Gasteiger partial charge in [0.05, 0.1) is 24.6 Å². The van der Waals surface area contributed by atoms with Gasteiger partial charge in [-0.15, -0.1) is 6.58 Å². The molecule has 59 heavy (non-hydrogen) atoms. The van der Waals surface area contributed by atoms with Gasteiger partial charge in [0.25, 0.3) is 5.91 Å². The third kappa shape index (κ3) is 10.1. The molecular weight excluding hydrogens is 777 g/mol. The fourth-order valence-corrected chi connectivity index (χ4v) is 8.78. The topological polar surface area (TPSA) is 194 Å². The number of carbonyl (C=O) groups excluding carboxylic acids is 4. The summed E-state index contributed by atoms with van der Waals surface area (Å²) in [6, 6.07) is 12.9. The monoisotopic (exact) mass is 832 g/mol. The van der Waals surface area contributed by atoms with E-state index < -0.39 is 79.7 Å². The fraction of sp³-hybridized carbons (Fsp3) is 0.512. The van der Waals surface area contributed by atoms with E-state index in [1.165, 1.54) is 11.0 Å². The van der Waals surface area contributed by atoms with E-state index in [-0.39, 0.29) is 31.7 Å². The van der Waals surface area contributed by atoms with E-state index in [4.69, 9.17) is 19.2 Å². The molecular formula is C43H56N6O9S. The van der Waals surface area contributed by atoms with Crippen LogP contribution in [0.25, 0.3) is 22.0 Å². The summed E-state index contributed by atoms with van der Waals surface area (Å²) in [6.45, 7) is 14.6. The summed E-state index contributed by atoms with van der Waals surface area (Å²) in [7, 11) is -0.522. The minimum Gasteiger partial charge on any atom is -0.497 e. The number of anilines is 1. The van der Waals surface area contributed by atoms with Gasteiger partial charge < -0.3 is 35.1 Å². The molecule has 16 heteroatoms. The highest BCUT2D eigenvalue weighted by atomic mass is 32.2. The second-order valence-electron chi connectivity index (χ2n) is 17.9. The van der Waals surface area contributed by atoms with Crippen LogP contribution in [-0.2, 0) is 29.1 Å². The van der Waals surface area contributed by atoms with Gasteiger partial charge in [-0.2, -0.15) is 0 Å². The van der Waals surface area contributed by atoms with E-state index >= 15 is 0 Å². The summed E-state index contributed by atoms with van der Waals surface area (Å²) in [5.74, 6) is -1.74. The number of carbonyl (C=O) groups is 4. The number of aromatic nitrogens is 1. The standard InChI is InChI=1S/C43H56N6O9S/c1-10-27-22-43(27,39(52)48-59(54,55)31-15-16-31)47-36(50)35-21-30(24-49(35)38(51)34(23-41(2,3)4)46-40(53)58-42(5,6)7)57-37-32-17-14-29(56-9)19-26(32)20-33(45-37)25-12-11-13-28(18-25)44-8/h10-14,17-20,27,30-31,34-35,44H,1,15-16,21-24H2,2-9H3,(H,46,53)(H,47,50)(H,48,52)/t27?,30-,34?,35+,43-/m1/s1. The molecule has 3 aliphatic rings. The van der Waals surface area contributed by atoms with Gasteiger partial charge >= 0.3 is 6.09 Å². The molecule has 0 bridgehead atoms. The van der Waals surface area contributed by atoms with Crippen molar-refractivity contribution in [2.75, 3.05) is 26.0 Å². The summed E-state index contributed by atoms with van der Waals surface area (Å²) < 4.78 is 45.5. The normalized spacial score (nSPS) is 22.2. The highest BCUT2D eigenvalue weighted by Gasteiger charge is 2.62. The molecule has 4 amide bonds. The van der Waals surface area contributed by atoms with Gasteiger partial charge in [0.1, 0.15) is 35.1 Å². The Hall–Kier alpha value is -5.38. The zero-order valence-electron chi connectivity index (χ0n) is 35.0. The number of amides is 4. The zero-order chi connectivity index (χ0) is 43.1. The molecule has 2 aliphatic carbocycles. The molecule has 2 saturated carbocycles. The van der Waals surface area contributed by atoms with Gasteiger partial charge in [0.2, 0.25) is 27.7 Å². The van der Waals surface area contributed by atoms with Crippen LogP contribution in [-0.4, -0.2) is 97.4 Å². The van der Waals surface area contributed by atoms with E-state index in [0.29, 0.717) is 29.7 Å². The quantitative estimate of drug-likeness (QED) is 0.154. The van der Waals surface area contributed by atoms with Crippen LogP contribution in [0.15, 0.2) is 61.2 Å². The summed E-state index contributed by atoms with van der Waals surface area (Å²) >= 11 is 0. The summed E-state index contributed by atoms with van der Waals surface area (Å²) in [4.78, 5) is 62.3. The number of pyridine rings is 1. The molecule has 15 nitrogen and oxygen atoms in total. The molecule has 2 heterocycles. The first kappa shape index (κ1) is 43.2. The Bertz CT molecular complexity index is 2250. The van der Waals surface area contributed by atoms with Crippen LogP contribution >= 0.6 is 0 Å². The van der Waals surface area contributed by atoms with Crippen LogP contribution in [0, 0.1) is 11.3 Å². The number of hydrogen-bond donors (Lipinski definition) is 4. The van der Waals surface area contributed by atoms with Crippen molar-refractivity contribution in [3.8, 4) is 22.9 Å². The largest absolute Gasteiger partial charge is 0.497 e. The number of sulfonamides is 1. The molecule has 1 aromatic heterocycles. The van der Waals surface area contributed by atoms with E-state index in [1.807, 2.05) is 70.3 Å². The van der Waals surface area contributed by atoms with Crippen molar-refractivity contribution in [2.45, 2.75) is 108 Å². The number of nitrogens with one attached hydrogen (secondary N) is 4. The smallest absolute Gasteiger partial charge is 0.408 e. The van der Waals surface area contributed by atoms with Crippen molar-refractivity contribution in [2.24, 2.45) is 11.3 Å². The van der Waals surface area contributed by atoms with Crippen LogP contribution in [0.2, 0.25) is 0 Å². The van der Waals surface area contributed by atoms with Gasteiger partial charge in [-0.25, -0.2) is 18.2 Å². The van der Waals surface area contributed by atoms with Crippen LogP contribution in [0.1, 0.15) is 73.6 Å². The van der Waals surface area contributed by atoms with Crippen molar-refractivity contribution in [3.63, 3.8) is 0 Å². The number of likely N-dealkylation sites (tertiary alicyclic amines) is 1. The van der Waals surface area contributed by atoms with E-state index in [1.54, 1.807) is 33.9 Å². The number of methoxy groups -OCH3 is 1. The Morgan fingerprint density at radius 3 is 2.39 bits per heavy atom. The molecule has 3 fully saturated rings. The molecule has 2 unspecified atom stereocenters. The highest BCUT2D eigenvalue weighted by molar-refractivity contribution is 7.91. The molecule has 5 atom stereocenters. The minimum atomic E-state index is -3.93. The molecule has 3 aromatic rings. The Labute approximate surface area is 346 Å².